The molecule has 0 aliphatic carbocycles. The summed E-state index contributed by atoms with van der Waals surface area (Å²) in [6.45, 7) is 7.74. The zero-order valence-electron chi connectivity index (χ0n) is 9.92. The fourth-order valence-electron chi connectivity index (χ4n) is 1.44. The maximum Gasteiger partial charge on any atom is 0.333 e. The minimum atomic E-state index is -0.598. The van der Waals surface area contributed by atoms with Gasteiger partial charge in [0.15, 0.2) is 5.54 Å². The Morgan fingerprint density at radius 2 is 2.07 bits per heavy atom. The Hall–Kier alpha value is -1.06. The molecule has 1 aliphatic rings. The van der Waals surface area contributed by atoms with Gasteiger partial charge in [-0.25, -0.2) is 4.79 Å². The van der Waals surface area contributed by atoms with Crippen molar-refractivity contribution in [2.75, 3.05) is 14.2 Å². The van der Waals surface area contributed by atoms with Crippen LogP contribution in [0.1, 0.15) is 34.1 Å². The molecular formula is C10H20N2O2. The number of methoxy groups -OCH3 is 1. The van der Waals surface area contributed by atoms with E-state index in [1.165, 1.54) is 7.11 Å². The Kier molecular flexibility index (Phi) is 4.60. The third-order valence-electron chi connectivity index (χ3n) is 2.26. The lowest BCUT2D eigenvalue weighted by molar-refractivity contribution is -0.152. The van der Waals surface area contributed by atoms with Crippen LogP contribution in [0.25, 0.3) is 0 Å². The van der Waals surface area contributed by atoms with Crippen molar-refractivity contribution >= 4 is 11.7 Å². The third-order valence-corrected chi connectivity index (χ3v) is 2.26. The Labute approximate surface area is 85.9 Å². The number of hydrazone groups is 1. The number of esters is 1. The highest BCUT2D eigenvalue weighted by Crippen LogP contribution is 2.26. The lowest BCUT2D eigenvalue weighted by atomic mass is 9.97. The first-order valence-corrected chi connectivity index (χ1v) is 4.87. The minimum absolute atomic E-state index is 0.231. The maximum atomic E-state index is 11.4. The average Bonchev–Trinajstić information content (AvgIpc) is 2.44. The molecule has 0 saturated carbocycles. The van der Waals surface area contributed by atoms with Gasteiger partial charge in [-0.15, -0.1) is 0 Å². The van der Waals surface area contributed by atoms with Crippen molar-refractivity contribution in [2.24, 2.45) is 5.10 Å². The zero-order valence-corrected chi connectivity index (χ0v) is 9.92. The molecular weight excluding hydrogens is 180 g/mol. The second-order valence-electron chi connectivity index (χ2n) is 3.30. The quantitative estimate of drug-likeness (QED) is 0.604. The number of carbonyl (C=O) groups excluding carboxylic acids is 1. The SMILES string of the molecule is CC.COC(=O)C1(C)CC(C)=NN1C. The minimum Gasteiger partial charge on any atom is -0.467 e. The highest BCUT2D eigenvalue weighted by atomic mass is 16.5. The van der Waals surface area contributed by atoms with Gasteiger partial charge >= 0.3 is 5.97 Å². The highest BCUT2D eigenvalue weighted by molar-refractivity contribution is 5.93. The molecule has 1 rings (SSSR count). The van der Waals surface area contributed by atoms with Crippen LogP contribution in [-0.4, -0.2) is 36.4 Å². The predicted molar refractivity (Wildman–Crippen MR) is 57.3 cm³/mol. The van der Waals surface area contributed by atoms with E-state index >= 15 is 0 Å². The van der Waals surface area contributed by atoms with E-state index in [1.807, 2.05) is 27.7 Å². The lowest BCUT2D eigenvalue weighted by Crippen LogP contribution is -2.45. The van der Waals surface area contributed by atoms with Crippen LogP contribution in [0.4, 0.5) is 0 Å². The normalized spacial score (nSPS) is 25.0. The molecule has 82 valence electrons. The summed E-state index contributed by atoms with van der Waals surface area (Å²) >= 11 is 0. The number of nitrogens with zero attached hydrogens (tertiary/aromatic N) is 2. The number of carbonyl (C=O) groups is 1. The fraction of sp³-hybridized carbons (Fsp3) is 0.800. The van der Waals surface area contributed by atoms with Crippen molar-refractivity contribution in [3.63, 3.8) is 0 Å². The summed E-state index contributed by atoms with van der Waals surface area (Å²) in [7, 11) is 3.18. The van der Waals surface area contributed by atoms with Crippen LogP contribution in [0.3, 0.4) is 0 Å². The van der Waals surface area contributed by atoms with Gasteiger partial charge in [-0.2, -0.15) is 5.10 Å². The molecule has 0 aromatic rings. The van der Waals surface area contributed by atoms with E-state index in [0.29, 0.717) is 6.42 Å². The van der Waals surface area contributed by atoms with Crippen LogP contribution < -0.4 is 0 Å². The Morgan fingerprint density at radius 3 is 2.36 bits per heavy atom. The monoisotopic (exact) mass is 200 g/mol. The summed E-state index contributed by atoms with van der Waals surface area (Å²) in [4.78, 5) is 11.4. The van der Waals surface area contributed by atoms with Gasteiger partial charge in [-0.05, 0) is 13.8 Å². The molecule has 0 aromatic heterocycles. The Bertz CT molecular complexity index is 238. The molecule has 1 aliphatic heterocycles. The summed E-state index contributed by atoms with van der Waals surface area (Å²) in [5, 5.41) is 5.82. The van der Waals surface area contributed by atoms with Gasteiger partial charge in [-0.1, -0.05) is 13.8 Å². The summed E-state index contributed by atoms with van der Waals surface area (Å²) in [6, 6.07) is 0. The van der Waals surface area contributed by atoms with Gasteiger partial charge in [-0.3, -0.25) is 5.01 Å². The van der Waals surface area contributed by atoms with Gasteiger partial charge in [0, 0.05) is 19.2 Å². The van der Waals surface area contributed by atoms with Crippen LogP contribution in [0.15, 0.2) is 5.10 Å². The van der Waals surface area contributed by atoms with Crippen molar-refractivity contribution < 1.29 is 9.53 Å². The molecule has 1 atom stereocenters. The fourth-order valence-corrected chi connectivity index (χ4v) is 1.44. The number of hydrogen-bond donors (Lipinski definition) is 0. The van der Waals surface area contributed by atoms with Crippen molar-refractivity contribution in [1.82, 2.24) is 5.01 Å². The Morgan fingerprint density at radius 1 is 1.57 bits per heavy atom. The summed E-state index contributed by atoms with van der Waals surface area (Å²) in [5.41, 5.74) is 0.365. The number of likely N-dealkylation sites (N-methyl/N-ethyl adjacent to an activating group) is 1. The van der Waals surface area contributed by atoms with Crippen LogP contribution >= 0.6 is 0 Å². The first kappa shape index (κ1) is 12.9. The van der Waals surface area contributed by atoms with E-state index in [-0.39, 0.29) is 5.97 Å². The lowest BCUT2D eigenvalue weighted by Gasteiger charge is -2.27. The first-order valence-electron chi connectivity index (χ1n) is 4.87. The molecule has 1 unspecified atom stereocenters. The van der Waals surface area contributed by atoms with Crippen molar-refractivity contribution in [3.8, 4) is 0 Å². The largest absolute Gasteiger partial charge is 0.467 e. The van der Waals surface area contributed by atoms with Gasteiger partial charge in [0.25, 0.3) is 0 Å². The average molecular weight is 200 g/mol. The van der Waals surface area contributed by atoms with Crippen LogP contribution in [0, 0.1) is 0 Å². The number of ether oxygens (including phenoxy) is 1. The predicted octanol–water partition coefficient (Wildman–Crippen LogP) is 1.66. The molecule has 4 nitrogen and oxygen atoms in total. The molecule has 0 aromatic carbocycles. The molecule has 0 radical (unpaired) electrons. The summed E-state index contributed by atoms with van der Waals surface area (Å²) < 4.78 is 4.70. The van der Waals surface area contributed by atoms with Gasteiger partial charge < -0.3 is 4.74 Å². The second-order valence-corrected chi connectivity index (χ2v) is 3.30. The molecule has 0 N–H and O–H groups in total. The number of rotatable bonds is 1. The van der Waals surface area contributed by atoms with E-state index in [0.717, 1.165) is 5.71 Å². The van der Waals surface area contributed by atoms with Crippen LogP contribution in [0.5, 0.6) is 0 Å². The van der Waals surface area contributed by atoms with Gasteiger partial charge in [0.2, 0.25) is 0 Å². The van der Waals surface area contributed by atoms with E-state index in [4.69, 9.17) is 4.74 Å². The molecule has 1 heterocycles. The topological polar surface area (TPSA) is 41.9 Å². The van der Waals surface area contributed by atoms with Gasteiger partial charge in [0.05, 0.1) is 7.11 Å². The van der Waals surface area contributed by atoms with E-state index in [2.05, 4.69) is 5.10 Å². The molecule has 14 heavy (non-hydrogen) atoms. The molecule has 0 fully saturated rings. The Balaban J connectivity index is 0.000000791. The smallest absolute Gasteiger partial charge is 0.333 e. The molecule has 0 amide bonds. The van der Waals surface area contributed by atoms with Crippen LogP contribution in [-0.2, 0) is 9.53 Å². The third kappa shape index (κ3) is 2.25. The molecule has 0 saturated heterocycles. The maximum absolute atomic E-state index is 11.4. The highest BCUT2D eigenvalue weighted by Gasteiger charge is 2.42. The van der Waals surface area contributed by atoms with E-state index in [1.54, 1.807) is 12.1 Å². The molecule has 0 bridgehead atoms. The number of hydrogen-bond acceptors (Lipinski definition) is 4. The summed E-state index contributed by atoms with van der Waals surface area (Å²) in [5.74, 6) is -0.231. The van der Waals surface area contributed by atoms with Crippen molar-refractivity contribution in [3.05, 3.63) is 0 Å². The van der Waals surface area contributed by atoms with Crippen molar-refractivity contribution in [1.29, 1.82) is 0 Å². The summed E-state index contributed by atoms with van der Waals surface area (Å²) in [6.07, 6.45) is 0.649. The molecule has 0 spiro atoms. The zero-order chi connectivity index (χ0) is 11.4. The molecule has 4 heteroatoms. The van der Waals surface area contributed by atoms with E-state index in [9.17, 15) is 4.79 Å². The van der Waals surface area contributed by atoms with E-state index < -0.39 is 5.54 Å². The van der Waals surface area contributed by atoms with Crippen molar-refractivity contribution in [2.45, 2.75) is 39.7 Å². The first-order chi connectivity index (χ1) is 6.50. The second kappa shape index (κ2) is 4.98. The standard InChI is InChI=1S/C8H14N2O2.C2H6/c1-6-5-8(2,7(11)12-4)10(3)9-6;1-2/h5H2,1-4H3;1-2H3. The van der Waals surface area contributed by atoms with Crippen LogP contribution in [0.2, 0.25) is 0 Å². The van der Waals surface area contributed by atoms with Gasteiger partial charge in [0.1, 0.15) is 0 Å².